The maximum atomic E-state index is 14.1. The third-order valence-electron chi connectivity index (χ3n) is 4.31. The summed E-state index contributed by atoms with van der Waals surface area (Å²) in [5.74, 6) is -3.62. The molecule has 0 aliphatic carbocycles. The average Bonchev–Trinajstić information content (AvgIpc) is 3.17. The molecule has 14 heteroatoms. The predicted octanol–water partition coefficient (Wildman–Crippen LogP) is 2.81. The molecule has 0 aromatic carbocycles. The first-order valence-corrected chi connectivity index (χ1v) is 8.50. The normalized spacial score (nSPS) is 17.7. The number of hydrogen-bond donors (Lipinski definition) is 2. The fraction of sp³-hybridized carbons (Fsp3) is 0.625. The van der Waals surface area contributed by atoms with E-state index in [9.17, 15) is 39.9 Å². The van der Waals surface area contributed by atoms with Gasteiger partial charge in [-0.15, -0.1) is 0 Å². The molecule has 1 unspecified atom stereocenters. The number of nitrogens with zero attached hydrogens (tertiary/aromatic N) is 1. The molecular weight excluding hydrogens is 434 g/mol. The van der Waals surface area contributed by atoms with Crippen LogP contribution in [0.25, 0.3) is 0 Å². The Labute approximate surface area is 164 Å². The highest BCUT2D eigenvalue weighted by atomic mass is 19.4. The summed E-state index contributed by atoms with van der Waals surface area (Å²) < 4.78 is 112. The molecule has 0 bridgehead atoms. The molecule has 0 radical (unpaired) electrons. The van der Waals surface area contributed by atoms with E-state index in [4.69, 9.17) is 4.74 Å². The van der Waals surface area contributed by atoms with Gasteiger partial charge in [0.15, 0.2) is 5.82 Å². The van der Waals surface area contributed by atoms with Crippen molar-refractivity contribution in [3.05, 3.63) is 17.4 Å². The Morgan fingerprint density at radius 1 is 1.20 bits per heavy atom. The number of rotatable bonds is 7. The van der Waals surface area contributed by atoms with E-state index in [1.54, 1.807) is 0 Å². The highest BCUT2D eigenvalue weighted by Gasteiger charge is 2.73. The largest absolute Gasteiger partial charge is 0.481 e. The van der Waals surface area contributed by atoms with Crippen LogP contribution in [-0.4, -0.2) is 55.2 Å². The highest BCUT2D eigenvalue weighted by molar-refractivity contribution is 5.82. The van der Waals surface area contributed by atoms with Crippen molar-refractivity contribution in [1.29, 1.82) is 0 Å². The zero-order chi connectivity index (χ0) is 22.7. The van der Waals surface area contributed by atoms with Gasteiger partial charge in [-0.3, -0.25) is 4.79 Å². The van der Waals surface area contributed by atoms with Gasteiger partial charge in [0.2, 0.25) is 11.8 Å². The minimum atomic E-state index is -6.36. The number of amides is 1. The van der Waals surface area contributed by atoms with E-state index >= 15 is 0 Å². The number of ether oxygens (including phenoxy) is 2. The molecule has 170 valence electrons. The topological polar surface area (TPSA) is 72.5 Å². The Kier molecular flexibility index (Phi) is 6.99. The van der Waals surface area contributed by atoms with Crippen molar-refractivity contribution >= 4 is 5.91 Å². The van der Waals surface area contributed by atoms with Gasteiger partial charge in [-0.2, -0.15) is 31.3 Å². The number of hydrogen-bond acceptors (Lipinski definition) is 5. The van der Waals surface area contributed by atoms with Crippen LogP contribution < -0.4 is 20.1 Å². The molecule has 1 aromatic rings. The summed E-state index contributed by atoms with van der Waals surface area (Å²) in [6, 6.07) is 0.198. The highest BCUT2D eigenvalue weighted by Crippen LogP contribution is 2.46. The van der Waals surface area contributed by atoms with Crippen LogP contribution in [0.1, 0.15) is 18.4 Å². The maximum Gasteiger partial charge on any atom is 0.435 e. The lowest BCUT2D eigenvalue weighted by atomic mass is 10.1. The second kappa shape index (κ2) is 8.78. The van der Waals surface area contributed by atoms with E-state index in [1.807, 2.05) is 0 Å². The van der Waals surface area contributed by atoms with Crippen molar-refractivity contribution in [2.45, 2.75) is 43.4 Å². The Bertz CT molecular complexity index is 749. The SMILES string of the molecule is COc1nc(OCC(F)(C(F)(F)F)C(F)(F)F)c(F)cc1CNC(=O)C1CCCN1. The Morgan fingerprint density at radius 2 is 1.83 bits per heavy atom. The number of methoxy groups -OCH3 is 1. The van der Waals surface area contributed by atoms with E-state index in [2.05, 4.69) is 20.4 Å². The van der Waals surface area contributed by atoms with E-state index < -0.39 is 54.2 Å². The lowest BCUT2D eigenvalue weighted by Gasteiger charge is -2.29. The Balaban J connectivity index is 2.15. The number of aromatic nitrogens is 1. The average molecular weight is 451 g/mol. The summed E-state index contributed by atoms with van der Waals surface area (Å²) in [5, 5.41) is 5.40. The molecule has 1 fully saturated rings. The van der Waals surface area contributed by atoms with Gasteiger partial charge in [-0.1, -0.05) is 0 Å². The first-order valence-electron chi connectivity index (χ1n) is 8.50. The molecule has 1 aliphatic rings. The molecule has 0 saturated carbocycles. The molecule has 0 spiro atoms. The number of alkyl halides is 7. The number of carbonyl (C=O) groups excluding carboxylic acids is 1. The Morgan fingerprint density at radius 3 is 2.33 bits per heavy atom. The molecular formula is C16H17F8N3O3. The summed E-state index contributed by atoms with van der Waals surface area (Å²) in [4.78, 5) is 15.3. The van der Waals surface area contributed by atoms with Gasteiger partial charge in [0.25, 0.3) is 5.88 Å². The smallest absolute Gasteiger partial charge is 0.435 e. The van der Waals surface area contributed by atoms with Crippen LogP contribution in [0, 0.1) is 5.82 Å². The van der Waals surface area contributed by atoms with E-state index in [0.717, 1.165) is 13.5 Å². The fourth-order valence-corrected chi connectivity index (χ4v) is 2.60. The van der Waals surface area contributed by atoms with Gasteiger partial charge in [-0.05, 0) is 25.5 Å². The third kappa shape index (κ3) is 5.02. The minimum absolute atomic E-state index is 0.0631. The van der Waals surface area contributed by atoms with Gasteiger partial charge < -0.3 is 20.1 Å². The minimum Gasteiger partial charge on any atom is -0.481 e. The van der Waals surface area contributed by atoms with Gasteiger partial charge in [0, 0.05) is 12.1 Å². The van der Waals surface area contributed by atoms with Crippen molar-refractivity contribution < 1.29 is 49.4 Å². The van der Waals surface area contributed by atoms with Gasteiger partial charge in [0.05, 0.1) is 13.2 Å². The van der Waals surface area contributed by atoms with Crippen molar-refractivity contribution in [3.8, 4) is 11.8 Å². The maximum absolute atomic E-state index is 14.1. The summed E-state index contributed by atoms with van der Waals surface area (Å²) in [5.41, 5.74) is -5.80. The van der Waals surface area contributed by atoms with E-state index in [0.29, 0.717) is 19.0 Å². The number of carbonyl (C=O) groups is 1. The summed E-state index contributed by atoms with van der Waals surface area (Å²) in [6.45, 7) is -2.24. The molecule has 1 amide bonds. The third-order valence-corrected chi connectivity index (χ3v) is 4.31. The molecule has 2 N–H and O–H groups in total. The number of halogens is 8. The second-order valence-electron chi connectivity index (χ2n) is 6.40. The zero-order valence-electron chi connectivity index (χ0n) is 15.4. The van der Waals surface area contributed by atoms with Crippen LogP contribution in [0.4, 0.5) is 35.1 Å². The fourth-order valence-electron chi connectivity index (χ4n) is 2.60. The second-order valence-corrected chi connectivity index (χ2v) is 6.40. The van der Waals surface area contributed by atoms with E-state index in [-0.39, 0.29) is 12.1 Å². The molecule has 30 heavy (non-hydrogen) atoms. The standard InChI is InChI=1S/C16H17F8N3O3/c1-29-12-8(6-26-11(28)10-3-2-4-25-10)5-9(17)13(27-12)30-7-14(18,15(19,20)21)16(22,23)24/h5,10,25H,2-4,6-7H2,1H3,(H,26,28). The van der Waals surface area contributed by atoms with Crippen LogP contribution in [0.15, 0.2) is 6.07 Å². The van der Waals surface area contributed by atoms with Gasteiger partial charge in [0.1, 0.15) is 6.61 Å². The van der Waals surface area contributed by atoms with Crippen molar-refractivity contribution in [1.82, 2.24) is 15.6 Å². The summed E-state index contributed by atoms with van der Waals surface area (Å²) >= 11 is 0. The number of nitrogens with one attached hydrogen (secondary N) is 2. The van der Waals surface area contributed by atoms with Gasteiger partial charge >= 0.3 is 18.0 Å². The van der Waals surface area contributed by atoms with Crippen LogP contribution in [0.5, 0.6) is 11.8 Å². The van der Waals surface area contributed by atoms with Crippen molar-refractivity contribution in [2.75, 3.05) is 20.3 Å². The number of pyridine rings is 1. The quantitative estimate of drug-likeness (QED) is 0.624. The first-order chi connectivity index (χ1) is 13.8. The zero-order valence-corrected chi connectivity index (χ0v) is 15.4. The van der Waals surface area contributed by atoms with E-state index in [1.165, 1.54) is 0 Å². The molecule has 1 saturated heterocycles. The van der Waals surface area contributed by atoms with Crippen LogP contribution >= 0.6 is 0 Å². The van der Waals surface area contributed by atoms with Crippen LogP contribution in [0.2, 0.25) is 0 Å². The van der Waals surface area contributed by atoms with Gasteiger partial charge in [-0.25, -0.2) is 8.78 Å². The Hall–Kier alpha value is -2.38. The summed E-state index contributed by atoms with van der Waals surface area (Å²) in [6.07, 6.45) is -11.3. The molecule has 2 rings (SSSR count). The monoisotopic (exact) mass is 451 g/mol. The first kappa shape index (κ1) is 23.9. The lowest BCUT2D eigenvalue weighted by Crippen LogP contribution is -2.57. The predicted molar refractivity (Wildman–Crippen MR) is 85.1 cm³/mol. The van der Waals surface area contributed by atoms with Crippen molar-refractivity contribution in [3.63, 3.8) is 0 Å². The van der Waals surface area contributed by atoms with Crippen LogP contribution in [-0.2, 0) is 11.3 Å². The van der Waals surface area contributed by atoms with Crippen molar-refractivity contribution in [2.24, 2.45) is 0 Å². The summed E-state index contributed by atoms with van der Waals surface area (Å²) in [7, 11) is 1.04. The molecule has 6 nitrogen and oxygen atoms in total. The molecule has 1 aliphatic heterocycles. The molecule has 1 aromatic heterocycles. The lowest BCUT2D eigenvalue weighted by molar-refractivity contribution is -0.347. The molecule has 1 atom stereocenters. The molecule has 2 heterocycles. The van der Waals surface area contributed by atoms with Crippen LogP contribution in [0.3, 0.4) is 0 Å².